The van der Waals surface area contributed by atoms with E-state index >= 15 is 0 Å². The summed E-state index contributed by atoms with van der Waals surface area (Å²) in [6.07, 6.45) is 0. The maximum Gasteiger partial charge on any atom is 0.255 e. The fourth-order valence-corrected chi connectivity index (χ4v) is 2.54. The molecule has 0 radical (unpaired) electrons. The Morgan fingerprint density at radius 1 is 1.09 bits per heavy atom. The maximum atomic E-state index is 12.3. The molecule has 0 fully saturated rings. The highest BCUT2D eigenvalue weighted by Crippen LogP contribution is 2.26. The van der Waals surface area contributed by atoms with Crippen LogP contribution in [0.4, 0.5) is 5.69 Å². The minimum absolute atomic E-state index is 0.117. The van der Waals surface area contributed by atoms with Crippen LogP contribution in [-0.4, -0.2) is 37.9 Å². The van der Waals surface area contributed by atoms with E-state index in [1.165, 1.54) is 4.90 Å². The zero-order valence-electron chi connectivity index (χ0n) is 13.1. The molecule has 2 amide bonds. The third-order valence-corrected chi connectivity index (χ3v) is 3.81. The van der Waals surface area contributed by atoms with E-state index in [1.54, 1.807) is 63.7 Å². The predicted octanol–water partition coefficient (Wildman–Crippen LogP) is 3.41. The first kappa shape index (κ1) is 17.0. The minimum atomic E-state index is -0.261. The number of ether oxygens (including phenoxy) is 1. The third-order valence-electron chi connectivity index (χ3n) is 3.19. The van der Waals surface area contributed by atoms with E-state index in [0.717, 1.165) is 0 Å². The average molecular weight is 377 g/mol. The molecule has 0 aromatic heterocycles. The lowest BCUT2D eigenvalue weighted by molar-refractivity contribution is 0.0827. The van der Waals surface area contributed by atoms with E-state index in [1.807, 2.05) is 0 Å². The molecule has 0 spiro atoms. The number of carbonyl (C=O) groups is 2. The van der Waals surface area contributed by atoms with Crippen LogP contribution in [0.15, 0.2) is 46.9 Å². The van der Waals surface area contributed by atoms with Gasteiger partial charge in [-0.05, 0) is 52.3 Å². The van der Waals surface area contributed by atoms with Crippen LogP contribution in [-0.2, 0) is 0 Å². The second-order valence-electron chi connectivity index (χ2n) is 5.08. The molecule has 0 heterocycles. The molecule has 6 heteroatoms. The van der Waals surface area contributed by atoms with Gasteiger partial charge in [-0.25, -0.2) is 0 Å². The van der Waals surface area contributed by atoms with Crippen molar-refractivity contribution in [1.29, 1.82) is 0 Å². The monoisotopic (exact) mass is 376 g/mol. The first-order valence-electron chi connectivity index (χ1n) is 6.89. The van der Waals surface area contributed by atoms with Crippen LogP contribution in [0.3, 0.4) is 0 Å². The Morgan fingerprint density at radius 2 is 1.83 bits per heavy atom. The Bertz CT molecular complexity index is 744. The fourth-order valence-electron chi connectivity index (χ4n) is 2.00. The maximum absolute atomic E-state index is 12.3. The van der Waals surface area contributed by atoms with Crippen molar-refractivity contribution < 1.29 is 14.3 Å². The average Bonchev–Trinajstić information content (AvgIpc) is 2.54. The van der Waals surface area contributed by atoms with Crippen LogP contribution in [0.25, 0.3) is 0 Å². The van der Waals surface area contributed by atoms with Gasteiger partial charge in [0.1, 0.15) is 5.75 Å². The van der Waals surface area contributed by atoms with Crippen LogP contribution in [0, 0.1) is 0 Å². The van der Waals surface area contributed by atoms with Crippen molar-refractivity contribution >= 4 is 33.4 Å². The molecule has 1 N–H and O–H groups in total. The summed E-state index contributed by atoms with van der Waals surface area (Å²) in [7, 11) is 4.93. The predicted molar refractivity (Wildman–Crippen MR) is 93.1 cm³/mol. The quantitative estimate of drug-likeness (QED) is 0.889. The van der Waals surface area contributed by atoms with Crippen LogP contribution in [0.1, 0.15) is 20.7 Å². The molecule has 0 aliphatic rings. The lowest BCUT2D eigenvalue weighted by Gasteiger charge is -2.12. The van der Waals surface area contributed by atoms with Crippen LogP contribution in [0.5, 0.6) is 5.75 Å². The van der Waals surface area contributed by atoms with E-state index in [-0.39, 0.29) is 11.8 Å². The van der Waals surface area contributed by atoms with Gasteiger partial charge in [-0.3, -0.25) is 9.59 Å². The second kappa shape index (κ2) is 7.28. The molecule has 2 rings (SSSR count). The van der Waals surface area contributed by atoms with E-state index in [4.69, 9.17) is 4.74 Å². The number of anilines is 1. The summed E-state index contributed by atoms with van der Waals surface area (Å²) in [4.78, 5) is 25.8. The molecule has 2 aromatic carbocycles. The summed E-state index contributed by atoms with van der Waals surface area (Å²) >= 11 is 3.35. The number of rotatable bonds is 4. The standard InChI is InChI=1S/C17H17BrN2O3/c1-20(2)17(22)12-5-4-6-13(9-12)19-16(21)11-7-8-15(23-3)14(18)10-11/h4-10H,1-3H3,(H,19,21). The zero-order chi connectivity index (χ0) is 17.0. The Hall–Kier alpha value is -2.34. The SMILES string of the molecule is COc1ccc(C(=O)Nc2cccc(C(=O)N(C)C)c2)cc1Br. The Morgan fingerprint density at radius 3 is 2.43 bits per heavy atom. The molecule has 0 aliphatic carbocycles. The van der Waals surface area contributed by atoms with Crippen LogP contribution in [0.2, 0.25) is 0 Å². The molecular formula is C17H17BrN2O3. The number of carbonyl (C=O) groups excluding carboxylic acids is 2. The van der Waals surface area contributed by atoms with Gasteiger partial charge >= 0.3 is 0 Å². The third kappa shape index (κ3) is 4.10. The number of hydrogen-bond acceptors (Lipinski definition) is 3. The van der Waals surface area contributed by atoms with Crippen molar-refractivity contribution in [2.45, 2.75) is 0 Å². The Labute approximate surface area is 143 Å². The van der Waals surface area contributed by atoms with E-state index < -0.39 is 0 Å². The number of nitrogens with one attached hydrogen (secondary N) is 1. The highest BCUT2D eigenvalue weighted by Gasteiger charge is 2.12. The second-order valence-corrected chi connectivity index (χ2v) is 5.94. The first-order valence-corrected chi connectivity index (χ1v) is 7.68. The molecule has 23 heavy (non-hydrogen) atoms. The molecule has 0 saturated carbocycles. The number of amides is 2. The summed E-state index contributed by atoms with van der Waals surface area (Å²) in [5.74, 6) is 0.274. The van der Waals surface area contributed by atoms with Gasteiger partial charge in [0, 0.05) is 30.9 Å². The topological polar surface area (TPSA) is 58.6 Å². The van der Waals surface area contributed by atoms with Gasteiger partial charge in [-0.1, -0.05) is 6.07 Å². The summed E-state index contributed by atoms with van der Waals surface area (Å²) < 4.78 is 5.84. The molecule has 0 atom stereocenters. The summed E-state index contributed by atoms with van der Waals surface area (Å²) in [5.41, 5.74) is 1.57. The van der Waals surface area contributed by atoms with Gasteiger partial charge < -0.3 is 15.0 Å². The number of benzene rings is 2. The summed E-state index contributed by atoms with van der Waals surface area (Å²) in [6, 6.07) is 11.9. The van der Waals surface area contributed by atoms with Gasteiger partial charge in [0.05, 0.1) is 11.6 Å². The number of methoxy groups -OCH3 is 1. The van der Waals surface area contributed by atoms with Crippen LogP contribution < -0.4 is 10.1 Å². The lowest BCUT2D eigenvalue weighted by atomic mass is 10.1. The van der Waals surface area contributed by atoms with Crippen molar-refractivity contribution in [3.63, 3.8) is 0 Å². The molecular weight excluding hydrogens is 360 g/mol. The minimum Gasteiger partial charge on any atom is -0.496 e. The van der Waals surface area contributed by atoms with Gasteiger partial charge in [-0.2, -0.15) is 0 Å². The molecule has 5 nitrogen and oxygen atoms in total. The number of hydrogen-bond donors (Lipinski definition) is 1. The largest absolute Gasteiger partial charge is 0.496 e. The molecule has 0 aliphatic heterocycles. The smallest absolute Gasteiger partial charge is 0.255 e. The molecule has 0 saturated heterocycles. The first-order chi connectivity index (χ1) is 10.9. The van der Waals surface area contributed by atoms with Crippen LogP contribution >= 0.6 is 15.9 Å². The summed E-state index contributed by atoms with van der Waals surface area (Å²) in [5, 5.41) is 2.79. The van der Waals surface area contributed by atoms with E-state index in [2.05, 4.69) is 21.2 Å². The van der Waals surface area contributed by atoms with Gasteiger partial charge in [0.2, 0.25) is 0 Å². The molecule has 0 unspecified atom stereocenters. The van der Waals surface area contributed by atoms with Gasteiger partial charge in [0.25, 0.3) is 11.8 Å². The molecule has 2 aromatic rings. The summed E-state index contributed by atoms with van der Waals surface area (Å²) in [6.45, 7) is 0. The highest BCUT2D eigenvalue weighted by atomic mass is 79.9. The van der Waals surface area contributed by atoms with Crippen molar-refractivity contribution in [2.75, 3.05) is 26.5 Å². The fraction of sp³-hybridized carbons (Fsp3) is 0.176. The Kier molecular flexibility index (Phi) is 5.39. The van der Waals surface area contributed by atoms with Crippen molar-refractivity contribution in [1.82, 2.24) is 4.90 Å². The van der Waals surface area contributed by atoms with E-state index in [9.17, 15) is 9.59 Å². The van der Waals surface area contributed by atoms with Gasteiger partial charge in [-0.15, -0.1) is 0 Å². The van der Waals surface area contributed by atoms with Crippen molar-refractivity contribution in [3.05, 3.63) is 58.1 Å². The highest BCUT2D eigenvalue weighted by molar-refractivity contribution is 9.10. The lowest BCUT2D eigenvalue weighted by Crippen LogP contribution is -2.22. The number of nitrogens with zero attached hydrogens (tertiary/aromatic N) is 1. The van der Waals surface area contributed by atoms with Gasteiger partial charge in [0.15, 0.2) is 0 Å². The van der Waals surface area contributed by atoms with E-state index in [0.29, 0.717) is 27.0 Å². The number of halogens is 1. The molecule has 0 bridgehead atoms. The normalized spacial score (nSPS) is 10.1. The Balaban J connectivity index is 2.19. The van der Waals surface area contributed by atoms with Crippen molar-refractivity contribution in [2.24, 2.45) is 0 Å². The molecule has 120 valence electrons. The van der Waals surface area contributed by atoms with Crippen molar-refractivity contribution in [3.8, 4) is 5.75 Å². The zero-order valence-corrected chi connectivity index (χ0v) is 14.7.